The van der Waals surface area contributed by atoms with Gasteiger partial charge >= 0.3 is 6.09 Å². The van der Waals surface area contributed by atoms with Gasteiger partial charge in [0.15, 0.2) is 0 Å². The standard InChI is InChI=1S/C36H45N9O4/c1-36(2,3)49-35(48)39-21-23-9-11-26(12-10-23)34(47)45(29-16-13-25(14-17-29)33-40-42-43-41-33)30(32(37)46)20-24-7-6-8-27(19-24)28-15-18-31(38-22-28)44(4)5/h6-8,13-19,22-23,26,30H,9-12,20-21H2,1-5H3,(H2,37,46)(H,39,48)(H,40,41,42,43)/t23?,26?,30-/m0/s1. The van der Waals surface area contributed by atoms with Gasteiger partial charge in [0, 0.05) is 56.0 Å². The van der Waals surface area contributed by atoms with Crippen molar-refractivity contribution in [3.63, 3.8) is 0 Å². The van der Waals surface area contributed by atoms with Gasteiger partial charge in [-0.15, -0.1) is 10.2 Å². The Morgan fingerprint density at radius 3 is 2.29 bits per heavy atom. The van der Waals surface area contributed by atoms with Crippen molar-refractivity contribution in [2.45, 2.75) is 64.5 Å². The molecule has 1 saturated carbocycles. The van der Waals surface area contributed by atoms with Gasteiger partial charge in [-0.1, -0.05) is 24.3 Å². The Kier molecular flexibility index (Phi) is 10.9. The van der Waals surface area contributed by atoms with Crippen LogP contribution in [0, 0.1) is 11.8 Å². The monoisotopic (exact) mass is 667 g/mol. The molecule has 258 valence electrons. The van der Waals surface area contributed by atoms with Crippen LogP contribution < -0.4 is 20.9 Å². The van der Waals surface area contributed by atoms with Crippen LogP contribution in [-0.4, -0.2) is 75.8 Å². The summed E-state index contributed by atoms with van der Waals surface area (Å²) in [6, 6.07) is 18.0. The van der Waals surface area contributed by atoms with Crippen LogP contribution in [-0.2, 0) is 20.7 Å². The summed E-state index contributed by atoms with van der Waals surface area (Å²) in [5.74, 6) is 0.405. The van der Waals surface area contributed by atoms with Gasteiger partial charge in [-0.25, -0.2) is 9.78 Å². The van der Waals surface area contributed by atoms with E-state index >= 15 is 0 Å². The molecular weight excluding hydrogens is 622 g/mol. The van der Waals surface area contributed by atoms with E-state index in [-0.39, 0.29) is 24.2 Å². The second-order valence-electron chi connectivity index (χ2n) is 13.7. The van der Waals surface area contributed by atoms with Gasteiger partial charge in [-0.05, 0) is 105 Å². The fourth-order valence-electron chi connectivity index (χ4n) is 6.11. The number of rotatable bonds is 11. The molecule has 0 bridgehead atoms. The molecule has 0 aliphatic heterocycles. The van der Waals surface area contributed by atoms with Crippen LogP contribution in [0.25, 0.3) is 22.5 Å². The highest BCUT2D eigenvalue weighted by Crippen LogP contribution is 2.33. The zero-order valence-electron chi connectivity index (χ0n) is 28.7. The molecule has 0 saturated heterocycles. The second kappa shape index (κ2) is 15.3. The normalized spacial score (nSPS) is 16.8. The first-order chi connectivity index (χ1) is 23.4. The molecule has 2 heterocycles. The predicted octanol–water partition coefficient (Wildman–Crippen LogP) is 4.76. The van der Waals surface area contributed by atoms with Crippen LogP contribution in [0.5, 0.6) is 0 Å². The van der Waals surface area contributed by atoms with Crippen LogP contribution in [0.4, 0.5) is 16.3 Å². The van der Waals surface area contributed by atoms with Crippen LogP contribution in [0.1, 0.15) is 52.0 Å². The number of hydrogen-bond acceptors (Lipinski definition) is 9. The number of anilines is 2. The number of carbonyl (C=O) groups excluding carboxylic acids is 3. The van der Waals surface area contributed by atoms with Gasteiger partial charge in [0.25, 0.3) is 0 Å². The number of amides is 3. The van der Waals surface area contributed by atoms with Gasteiger partial charge in [-0.2, -0.15) is 5.21 Å². The van der Waals surface area contributed by atoms with Crippen molar-refractivity contribution in [3.05, 3.63) is 72.4 Å². The maximum Gasteiger partial charge on any atom is 0.407 e. The van der Waals surface area contributed by atoms with Crippen molar-refractivity contribution >= 4 is 29.4 Å². The minimum Gasteiger partial charge on any atom is -0.444 e. The number of aromatic amines is 1. The number of alkyl carbamates (subject to hydrolysis) is 1. The molecule has 49 heavy (non-hydrogen) atoms. The van der Waals surface area contributed by atoms with E-state index < -0.39 is 23.6 Å². The second-order valence-corrected chi connectivity index (χ2v) is 13.7. The van der Waals surface area contributed by atoms with Crippen molar-refractivity contribution in [2.24, 2.45) is 17.6 Å². The zero-order valence-corrected chi connectivity index (χ0v) is 28.7. The summed E-state index contributed by atoms with van der Waals surface area (Å²) in [5.41, 5.74) is 9.51. The number of pyridine rings is 1. The average molecular weight is 668 g/mol. The van der Waals surface area contributed by atoms with Crippen LogP contribution in [0.3, 0.4) is 0 Å². The zero-order chi connectivity index (χ0) is 35.1. The fourth-order valence-corrected chi connectivity index (χ4v) is 6.11. The van der Waals surface area contributed by atoms with Crippen molar-refractivity contribution in [1.29, 1.82) is 0 Å². The Balaban J connectivity index is 1.37. The minimum atomic E-state index is -0.945. The number of nitrogens with zero attached hydrogens (tertiary/aromatic N) is 6. The lowest BCUT2D eigenvalue weighted by Gasteiger charge is -2.36. The molecule has 1 fully saturated rings. The fraction of sp³-hybridized carbons (Fsp3) is 0.417. The van der Waals surface area contributed by atoms with Crippen LogP contribution >= 0.6 is 0 Å². The van der Waals surface area contributed by atoms with Crippen molar-refractivity contribution in [1.82, 2.24) is 30.9 Å². The maximum atomic E-state index is 14.4. The Morgan fingerprint density at radius 2 is 1.69 bits per heavy atom. The number of hydrogen-bond donors (Lipinski definition) is 3. The number of ether oxygens (including phenoxy) is 1. The average Bonchev–Trinajstić information content (AvgIpc) is 3.62. The molecule has 0 radical (unpaired) electrons. The smallest absolute Gasteiger partial charge is 0.407 e. The SMILES string of the molecule is CN(C)c1ccc(-c2cccc(C[C@@H](C(N)=O)N(C(=O)C3CCC(CNC(=O)OC(C)(C)C)CC3)c3ccc(-c4nn[nH]n4)cc3)c2)cn1. The Labute approximate surface area is 286 Å². The number of nitrogens with one attached hydrogen (secondary N) is 2. The summed E-state index contributed by atoms with van der Waals surface area (Å²) in [5, 5.41) is 17.0. The first kappa shape index (κ1) is 35.0. The van der Waals surface area contributed by atoms with Crippen molar-refractivity contribution in [3.8, 4) is 22.5 Å². The van der Waals surface area contributed by atoms with Gasteiger partial charge in [0.05, 0.1) is 0 Å². The molecule has 1 atom stereocenters. The number of aromatic nitrogens is 5. The van der Waals surface area contributed by atoms with E-state index in [1.165, 1.54) is 0 Å². The molecule has 3 amide bonds. The van der Waals surface area contributed by atoms with Gasteiger partial charge < -0.3 is 20.7 Å². The molecule has 13 nitrogen and oxygen atoms in total. The first-order valence-electron chi connectivity index (χ1n) is 16.5. The third-order valence-electron chi connectivity index (χ3n) is 8.65. The minimum absolute atomic E-state index is 0.158. The number of carbonyl (C=O) groups is 3. The molecule has 13 heteroatoms. The number of tetrazole rings is 1. The van der Waals surface area contributed by atoms with E-state index in [0.29, 0.717) is 36.5 Å². The molecule has 5 rings (SSSR count). The number of nitrogens with two attached hydrogens (primary N) is 1. The summed E-state index contributed by atoms with van der Waals surface area (Å²) >= 11 is 0. The van der Waals surface area contributed by atoms with E-state index in [9.17, 15) is 14.4 Å². The summed E-state index contributed by atoms with van der Waals surface area (Å²) in [6.07, 6.45) is 4.33. The molecular formula is C36H45N9O4. The third-order valence-corrected chi connectivity index (χ3v) is 8.65. The first-order valence-corrected chi connectivity index (χ1v) is 16.5. The molecule has 2 aromatic heterocycles. The van der Waals surface area contributed by atoms with Gasteiger partial charge in [-0.3, -0.25) is 14.5 Å². The quantitative estimate of drug-likeness (QED) is 0.204. The van der Waals surface area contributed by atoms with E-state index in [0.717, 1.165) is 35.3 Å². The lowest BCUT2D eigenvalue weighted by atomic mass is 9.81. The molecule has 1 aliphatic rings. The highest BCUT2D eigenvalue weighted by Gasteiger charge is 2.36. The highest BCUT2D eigenvalue weighted by molar-refractivity contribution is 6.01. The Hall–Kier alpha value is -5.33. The predicted molar refractivity (Wildman–Crippen MR) is 187 cm³/mol. The van der Waals surface area contributed by atoms with Gasteiger partial charge in [0.1, 0.15) is 17.5 Å². The molecule has 4 aromatic rings. The van der Waals surface area contributed by atoms with Gasteiger partial charge in [0.2, 0.25) is 17.6 Å². The molecule has 1 aliphatic carbocycles. The largest absolute Gasteiger partial charge is 0.444 e. The van der Waals surface area contributed by atoms with E-state index in [4.69, 9.17) is 10.5 Å². The Bertz CT molecular complexity index is 1710. The lowest BCUT2D eigenvalue weighted by Crippen LogP contribution is -2.52. The number of H-pyrrole nitrogens is 1. The maximum absolute atomic E-state index is 14.4. The van der Waals surface area contributed by atoms with Crippen LogP contribution in [0.2, 0.25) is 0 Å². The van der Waals surface area contributed by atoms with Crippen molar-refractivity contribution < 1.29 is 19.1 Å². The summed E-state index contributed by atoms with van der Waals surface area (Å²) < 4.78 is 5.37. The molecule has 4 N–H and O–H groups in total. The summed E-state index contributed by atoms with van der Waals surface area (Å²) in [7, 11) is 3.88. The van der Waals surface area contributed by atoms with E-state index in [2.05, 4.69) is 30.9 Å². The van der Waals surface area contributed by atoms with E-state index in [1.807, 2.05) is 82.4 Å². The van der Waals surface area contributed by atoms with Crippen molar-refractivity contribution in [2.75, 3.05) is 30.4 Å². The summed E-state index contributed by atoms with van der Waals surface area (Å²) in [4.78, 5) is 47.9. The van der Waals surface area contributed by atoms with Crippen LogP contribution in [0.15, 0.2) is 66.9 Å². The summed E-state index contributed by atoms with van der Waals surface area (Å²) in [6.45, 7) is 5.95. The third kappa shape index (κ3) is 9.18. The molecule has 0 unspecified atom stereocenters. The molecule has 2 aromatic carbocycles. The van der Waals surface area contributed by atoms with E-state index in [1.54, 1.807) is 29.2 Å². The number of primary amides is 1. The topological polar surface area (TPSA) is 172 Å². The number of benzene rings is 2. The Morgan fingerprint density at radius 1 is 0.980 bits per heavy atom. The lowest BCUT2D eigenvalue weighted by molar-refractivity contribution is -0.127. The highest BCUT2D eigenvalue weighted by atomic mass is 16.6. The molecule has 0 spiro atoms.